The quantitative estimate of drug-likeness (QED) is 0.633. The maximum absolute atomic E-state index is 12.2. The first-order chi connectivity index (χ1) is 11.8. The molecule has 0 radical (unpaired) electrons. The van der Waals surface area contributed by atoms with E-state index in [0.29, 0.717) is 5.39 Å². The average molecular weight is 346 g/mol. The number of nitrogens with one attached hydrogen (secondary N) is 1. The Labute approximate surface area is 145 Å². The number of aromatic hydroxyl groups is 1. The van der Waals surface area contributed by atoms with Gasteiger partial charge in [0.05, 0.1) is 5.39 Å². The lowest BCUT2D eigenvalue weighted by atomic mass is 10.1. The molecule has 0 unspecified atom stereocenters. The lowest BCUT2D eigenvalue weighted by Crippen LogP contribution is -2.43. The van der Waals surface area contributed by atoms with Crippen LogP contribution in [0.5, 0.6) is 5.75 Å². The minimum atomic E-state index is -0.906. The van der Waals surface area contributed by atoms with Crippen molar-refractivity contribution in [3.63, 3.8) is 0 Å². The van der Waals surface area contributed by atoms with Crippen LogP contribution < -0.4 is 15.8 Å². The molecule has 0 amide bonds. The van der Waals surface area contributed by atoms with Crippen molar-refractivity contribution in [1.82, 2.24) is 5.32 Å². The summed E-state index contributed by atoms with van der Waals surface area (Å²) >= 11 is 0. The molecule has 7 heteroatoms. The van der Waals surface area contributed by atoms with Gasteiger partial charge in [-0.2, -0.15) is 0 Å². The van der Waals surface area contributed by atoms with Crippen LogP contribution in [-0.4, -0.2) is 42.9 Å². The maximum Gasteiger partial charge on any atom is 0.354 e. The van der Waals surface area contributed by atoms with Gasteiger partial charge in [0.15, 0.2) is 5.56 Å². The van der Waals surface area contributed by atoms with Crippen molar-refractivity contribution in [2.24, 2.45) is 0 Å². The summed E-state index contributed by atoms with van der Waals surface area (Å²) in [5.41, 5.74) is -1.02. The van der Waals surface area contributed by atoms with E-state index >= 15 is 0 Å². The molecule has 3 rings (SSSR count). The van der Waals surface area contributed by atoms with E-state index in [1.165, 1.54) is 0 Å². The summed E-state index contributed by atoms with van der Waals surface area (Å²) in [6.45, 7) is 8.50. The third kappa shape index (κ3) is 3.61. The SMILES string of the molecule is CC(C)(C)OC(=O)c1c(O)c2ccc(N3CCNCC3)cc2oc1=O. The molecule has 1 aromatic heterocycles. The van der Waals surface area contributed by atoms with Crippen molar-refractivity contribution in [2.75, 3.05) is 31.1 Å². The van der Waals surface area contributed by atoms with Crippen LogP contribution >= 0.6 is 0 Å². The van der Waals surface area contributed by atoms with Gasteiger partial charge in [-0.3, -0.25) is 0 Å². The van der Waals surface area contributed by atoms with E-state index in [4.69, 9.17) is 9.15 Å². The number of hydrogen-bond donors (Lipinski definition) is 2. The summed E-state index contributed by atoms with van der Waals surface area (Å²) in [4.78, 5) is 26.6. The van der Waals surface area contributed by atoms with Gasteiger partial charge >= 0.3 is 11.6 Å². The predicted octanol–water partition coefficient (Wildman–Crippen LogP) is 1.86. The van der Waals surface area contributed by atoms with Crippen molar-refractivity contribution in [3.05, 3.63) is 34.2 Å². The molecular weight excluding hydrogens is 324 g/mol. The van der Waals surface area contributed by atoms with Crippen LogP contribution in [0.3, 0.4) is 0 Å². The molecule has 2 heterocycles. The summed E-state index contributed by atoms with van der Waals surface area (Å²) in [6, 6.07) is 5.20. The zero-order valence-electron chi connectivity index (χ0n) is 14.6. The highest BCUT2D eigenvalue weighted by Crippen LogP contribution is 2.30. The highest BCUT2D eigenvalue weighted by molar-refractivity contribution is 5.99. The molecule has 0 atom stereocenters. The number of hydrogen-bond acceptors (Lipinski definition) is 7. The van der Waals surface area contributed by atoms with Gasteiger partial charge in [-0.05, 0) is 32.9 Å². The summed E-state index contributed by atoms with van der Waals surface area (Å²) in [6.07, 6.45) is 0. The molecular formula is C18H22N2O5. The molecule has 1 aliphatic heterocycles. The molecule has 0 saturated carbocycles. The van der Waals surface area contributed by atoms with Crippen LogP contribution in [0.25, 0.3) is 11.0 Å². The van der Waals surface area contributed by atoms with Gasteiger partial charge in [0, 0.05) is 37.9 Å². The number of fused-ring (bicyclic) bond motifs is 1. The smallest absolute Gasteiger partial charge is 0.354 e. The molecule has 7 nitrogen and oxygen atoms in total. The largest absolute Gasteiger partial charge is 0.506 e. The van der Waals surface area contributed by atoms with Gasteiger partial charge in [0.1, 0.15) is 16.9 Å². The van der Waals surface area contributed by atoms with E-state index in [1.807, 2.05) is 6.07 Å². The monoisotopic (exact) mass is 346 g/mol. The number of nitrogens with zero attached hydrogens (tertiary/aromatic N) is 1. The van der Waals surface area contributed by atoms with Crippen LogP contribution in [0.2, 0.25) is 0 Å². The number of carbonyl (C=O) groups excluding carboxylic acids is 1. The Balaban J connectivity index is 2.02. The fourth-order valence-electron chi connectivity index (χ4n) is 2.80. The standard InChI is InChI=1S/C18H22N2O5/c1-18(2,3)25-17(23)14-15(21)12-5-4-11(10-13(12)24-16(14)22)20-8-6-19-7-9-20/h4-5,10,19,21H,6-9H2,1-3H3. The van der Waals surface area contributed by atoms with Gasteiger partial charge in [-0.25, -0.2) is 9.59 Å². The Morgan fingerprint density at radius 1 is 1.28 bits per heavy atom. The van der Waals surface area contributed by atoms with E-state index in [2.05, 4.69) is 10.2 Å². The van der Waals surface area contributed by atoms with Gasteiger partial charge in [-0.15, -0.1) is 0 Å². The molecule has 1 saturated heterocycles. The summed E-state index contributed by atoms with van der Waals surface area (Å²) < 4.78 is 10.5. The molecule has 1 aromatic carbocycles. The summed E-state index contributed by atoms with van der Waals surface area (Å²) in [5, 5.41) is 14.0. The maximum atomic E-state index is 12.2. The fourth-order valence-corrected chi connectivity index (χ4v) is 2.80. The van der Waals surface area contributed by atoms with Crippen molar-refractivity contribution >= 4 is 22.6 Å². The zero-order chi connectivity index (χ0) is 18.2. The Hall–Kier alpha value is -2.54. The van der Waals surface area contributed by atoms with E-state index in [1.54, 1.807) is 32.9 Å². The summed E-state index contributed by atoms with van der Waals surface area (Å²) in [7, 11) is 0. The number of anilines is 1. The van der Waals surface area contributed by atoms with Gasteiger partial charge < -0.3 is 24.5 Å². The Morgan fingerprint density at radius 3 is 2.60 bits per heavy atom. The molecule has 0 bridgehead atoms. The normalized spacial score (nSPS) is 15.4. The number of piperazine rings is 1. The summed E-state index contributed by atoms with van der Waals surface area (Å²) in [5.74, 6) is -1.31. The van der Waals surface area contributed by atoms with Crippen LogP contribution in [0, 0.1) is 0 Å². The Morgan fingerprint density at radius 2 is 1.96 bits per heavy atom. The molecule has 1 aliphatic rings. The Bertz CT molecular complexity index is 860. The predicted molar refractivity (Wildman–Crippen MR) is 94.4 cm³/mol. The lowest BCUT2D eigenvalue weighted by Gasteiger charge is -2.29. The number of ether oxygens (including phenoxy) is 1. The highest BCUT2D eigenvalue weighted by Gasteiger charge is 2.26. The van der Waals surface area contributed by atoms with Crippen LogP contribution in [0.15, 0.2) is 27.4 Å². The van der Waals surface area contributed by atoms with E-state index in [-0.39, 0.29) is 5.58 Å². The number of benzene rings is 1. The van der Waals surface area contributed by atoms with Crippen LogP contribution in [0.4, 0.5) is 5.69 Å². The van der Waals surface area contributed by atoms with E-state index in [9.17, 15) is 14.7 Å². The van der Waals surface area contributed by atoms with Gasteiger partial charge in [0.2, 0.25) is 0 Å². The average Bonchev–Trinajstić information content (AvgIpc) is 2.53. The molecule has 134 valence electrons. The van der Waals surface area contributed by atoms with Gasteiger partial charge in [0.25, 0.3) is 0 Å². The number of rotatable bonds is 2. The minimum absolute atomic E-state index is 0.242. The topological polar surface area (TPSA) is 92.0 Å². The second-order valence-corrected chi connectivity index (χ2v) is 7.03. The molecule has 2 N–H and O–H groups in total. The second-order valence-electron chi connectivity index (χ2n) is 7.03. The van der Waals surface area contributed by atoms with Crippen molar-refractivity contribution in [3.8, 4) is 5.75 Å². The fraction of sp³-hybridized carbons (Fsp3) is 0.444. The molecule has 25 heavy (non-hydrogen) atoms. The molecule has 0 spiro atoms. The third-order valence-corrected chi connectivity index (χ3v) is 3.95. The van der Waals surface area contributed by atoms with Crippen molar-refractivity contribution in [1.29, 1.82) is 0 Å². The highest BCUT2D eigenvalue weighted by atomic mass is 16.6. The number of esters is 1. The molecule has 2 aromatic rings. The van der Waals surface area contributed by atoms with E-state index in [0.717, 1.165) is 31.9 Å². The first-order valence-corrected chi connectivity index (χ1v) is 8.25. The van der Waals surface area contributed by atoms with Crippen LogP contribution in [-0.2, 0) is 4.74 Å². The van der Waals surface area contributed by atoms with E-state index < -0.39 is 28.5 Å². The first-order valence-electron chi connectivity index (χ1n) is 8.25. The number of carbonyl (C=O) groups is 1. The van der Waals surface area contributed by atoms with Crippen molar-refractivity contribution < 1.29 is 19.1 Å². The van der Waals surface area contributed by atoms with Crippen molar-refractivity contribution in [2.45, 2.75) is 26.4 Å². The minimum Gasteiger partial charge on any atom is -0.506 e. The second kappa shape index (κ2) is 6.40. The lowest BCUT2D eigenvalue weighted by molar-refractivity contribution is 0.00626. The first kappa shape index (κ1) is 17.3. The van der Waals surface area contributed by atoms with Gasteiger partial charge in [-0.1, -0.05) is 0 Å². The zero-order valence-corrected chi connectivity index (χ0v) is 14.6. The Kier molecular flexibility index (Phi) is 4.43. The van der Waals surface area contributed by atoms with Crippen LogP contribution in [0.1, 0.15) is 31.1 Å². The third-order valence-electron chi connectivity index (χ3n) is 3.95. The molecule has 0 aliphatic carbocycles. The molecule has 1 fully saturated rings.